The summed E-state index contributed by atoms with van der Waals surface area (Å²) in [7, 11) is -8.40. The minimum Gasteiger partial charge on any atom is -0.355 e. The van der Waals surface area contributed by atoms with E-state index in [1.165, 1.54) is 28.9 Å². The van der Waals surface area contributed by atoms with Crippen molar-refractivity contribution in [2.75, 3.05) is 17.2 Å². The first-order valence-electron chi connectivity index (χ1n) is 10.5. The Kier molecular flexibility index (Phi) is 6.97. The minimum atomic E-state index is -4.34. The van der Waals surface area contributed by atoms with Crippen molar-refractivity contribution in [1.29, 1.82) is 0 Å². The summed E-state index contributed by atoms with van der Waals surface area (Å²) >= 11 is 1.57. The van der Waals surface area contributed by atoms with Crippen LogP contribution in [-0.2, 0) is 20.2 Å². The summed E-state index contributed by atoms with van der Waals surface area (Å²) in [6.45, 7) is 2.14. The van der Waals surface area contributed by atoms with Crippen LogP contribution in [0.5, 0.6) is 0 Å². The van der Waals surface area contributed by atoms with Crippen molar-refractivity contribution in [2.24, 2.45) is 0 Å². The van der Waals surface area contributed by atoms with Crippen molar-refractivity contribution >= 4 is 43.8 Å². The number of anilines is 1. The lowest BCUT2D eigenvalue weighted by molar-refractivity contribution is 0.479. The highest BCUT2D eigenvalue weighted by Crippen LogP contribution is 2.43. The van der Waals surface area contributed by atoms with Crippen LogP contribution in [0.4, 0.5) is 5.69 Å². The lowest BCUT2D eigenvalue weighted by atomic mass is 10.2. The van der Waals surface area contributed by atoms with Crippen LogP contribution in [0.25, 0.3) is 11.8 Å². The number of thioether (sulfide) groups is 1. The fourth-order valence-electron chi connectivity index (χ4n) is 3.82. The Morgan fingerprint density at radius 2 is 1.74 bits per heavy atom. The zero-order chi connectivity index (χ0) is 25.4. The van der Waals surface area contributed by atoms with Crippen molar-refractivity contribution in [3.05, 3.63) is 76.2 Å². The number of hydrogen-bond donors (Lipinski definition) is 3. The van der Waals surface area contributed by atoms with Gasteiger partial charge in [-0.25, -0.2) is 4.68 Å². The van der Waals surface area contributed by atoms with Crippen LogP contribution >= 0.6 is 11.8 Å². The molecule has 1 unspecified atom stereocenters. The van der Waals surface area contributed by atoms with Gasteiger partial charge in [0, 0.05) is 17.1 Å². The quantitative estimate of drug-likeness (QED) is 0.369. The average molecular weight is 538 g/mol. The number of aromatic nitrogens is 2. The smallest absolute Gasteiger partial charge is 0.294 e. The molecule has 3 N–H and O–H groups in total. The normalized spacial score (nSPS) is 16.2. The van der Waals surface area contributed by atoms with Crippen molar-refractivity contribution in [2.45, 2.75) is 28.5 Å². The first-order chi connectivity index (χ1) is 16.4. The first-order valence-corrected chi connectivity index (χ1v) is 14.4. The Hall–Kier alpha value is -2.84. The molecule has 13 heteroatoms. The maximum absolute atomic E-state index is 13.1. The van der Waals surface area contributed by atoms with E-state index in [9.17, 15) is 21.6 Å². The van der Waals surface area contributed by atoms with E-state index in [1.807, 2.05) is 35.2 Å². The lowest BCUT2D eigenvalue weighted by Crippen LogP contribution is -2.30. The standard InChI is InChI=1S/C22H23N3O7S3/c1-15-18(22(26)25(23-15)16-7-9-17(10-8-16)35(30,31)32)11-12-21-24(13-4-14-34(27,28)29)19-5-2-3-6-20(19)33-21/h2-3,5-12,21,23H,4,13-14H2,1H3,(H,27,28,29)(H,30,31,32). The Balaban J connectivity index is 1.59. The number of H-pyrrole nitrogens is 1. The number of aryl methyl sites for hydroxylation is 1. The zero-order valence-electron chi connectivity index (χ0n) is 18.5. The van der Waals surface area contributed by atoms with Crippen molar-refractivity contribution < 1.29 is 25.9 Å². The van der Waals surface area contributed by atoms with Crippen LogP contribution < -0.4 is 10.5 Å². The summed E-state index contributed by atoms with van der Waals surface area (Å²) in [5.74, 6) is -0.342. The van der Waals surface area contributed by atoms with Gasteiger partial charge in [0.2, 0.25) is 0 Å². The summed E-state index contributed by atoms with van der Waals surface area (Å²) < 4.78 is 64.3. The Labute approximate surface area is 206 Å². The lowest BCUT2D eigenvalue weighted by Gasteiger charge is -2.24. The fourth-order valence-corrected chi connectivity index (χ4v) is 6.02. The molecule has 186 valence electrons. The van der Waals surface area contributed by atoms with Gasteiger partial charge in [0.15, 0.2) is 0 Å². The summed E-state index contributed by atoms with van der Waals surface area (Å²) in [4.78, 5) is 15.8. The van der Waals surface area contributed by atoms with Gasteiger partial charge in [-0.3, -0.25) is 19.0 Å². The summed E-state index contributed by atoms with van der Waals surface area (Å²) in [6, 6.07) is 12.9. The van der Waals surface area contributed by atoms with Crippen molar-refractivity contribution in [3.8, 4) is 5.69 Å². The second-order valence-corrected chi connectivity index (χ2v) is 12.1. The average Bonchev–Trinajstić information content (AvgIpc) is 3.27. The third-order valence-corrected chi connectivity index (χ3v) is 8.39. The van der Waals surface area contributed by atoms with E-state index >= 15 is 0 Å². The van der Waals surface area contributed by atoms with Crippen molar-refractivity contribution in [3.63, 3.8) is 0 Å². The third kappa shape index (κ3) is 5.70. The van der Waals surface area contributed by atoms with Gasteiger partial charge in [-0.15, -0.1) is 0 Å². The van der Waals surface area contributed by atoms with E-state index in [1.54, 1.807) is 24.8 Å². The van der Waals surface area contributed by atoms with Gasteiger partial charge in [0.25, 0.3) is 25.8 Å². The predicted octanol–water partition coefficient (Wildman–Crippen LogP) is 2.95. The number of rotatable bonds is 8. The molecule has 2 aromatic carbocycles. The number of fused-ring (bicyclic) bond motifs is 1. The number of nitrogens with one attached hydrogen (secondary N) is 1. The van der Waals surface area contributed by atoms with Gasteiger partial charge in [-0.2, -0.15) is 16.8 Å². The molecule has 0 bridgehead atoms. The highest BCUT2D eigenvalue weighted by molar-refractivity contribution is 8.00. The summed E-state index contributed by atoms with van der Waals surface area (Å²) in [5, 5.41) is 2.78. The van der Waals surface area contributed by atoms with E-state index in [0.29, 0.717) is 23.5 Å². The first kappa shape index (κ1) is 25.3. The van der Waals surface area contributed by atoms with Crippen LogP contribution in [-0.4, -0.2) is 53.4 Å². The van der Waals surface area contributed by atoms with Crippen molar-refractivity contribution in [1.82, 2.24) is 9.78 Å². The highest BCUT2D eigenvalue weighted by atomic mass is 32.2. The van der Waals surface area contributed by atoms with Crippen LogP contribution in [0.3, 0.4) is 0 Å². The van der Waals surface area contributed by atoms with Gasteiger partial charge in [0.05, 0.1) is 33.0 Å². The van der Waals surface area contributed by atoms with Gasteiger partial charge < -0.3 is 4.90 Å². The molecule has 0 saturated heterocycles. The van der Waals surface area contributed by atoms with E-state index in [0.717, 1.165) is 10.6 Å². The molecule has 0 saturated carbocycles. The van der Waals surface area contributed by atoms with E-state index in [-0.39, 0.29) is 28.0 Å². The largest absolute Gasteiger partial charge is 0.355 e. The third-order valence-electron chi connectivity index (χ3n) is 5.47. The molecule has 2 heterocycles. The molecule has 35 heavy (non-hydrogen) atoms. The van der Waals surface area contributed by atoms with Gasteiger partial charge in [-0.05, 0) is 55.8 Å². The molecule has 4 rings (SSSR count). The molecule has 0 radical (unpaired) electrons. The van der Waals surface area contributed by atoms with Crippen LogP contribution in [0.1, 0.15) is 17.7 Å². The number of hydrogen-bond acceptors (Lipinski definition) is 7. The number of aromatic amines is 1. The molecule has 1 aliphatic rings. The fraction of sp³-hybridized carbons (Fsp3) is 0.227. The molecule has 1 aromatic heterocycles. The Bertz CT molecular complexity index is 1540. The molecule has 1 atom stereocenters. The Morgan fingerprint density at radius 1 is 1.06 bits per heavy atom. The van der Waals surface area contributed by atoms with Crippen LogP contribution in [0, 0.1) is 6.92 Å². The number of benzene rings is 2. The number of para-hydroxylation sites is 1. The molecule has 0 amide bonds. The molecule has 1 aliphatic heterocycles. The monoisotopic (exact) mass is 537 g/mol. The molecule has 0 spiro atoms. The van der Waals surface area contributed by atoms with Crippen LogP contribution in [0.2, 0.25) is 0 Å². The molecule has 0 aliphatic carbocycles. The zero-order valence-corrected chi connectivity index (χ0v) is 21.0. The van der Waals surface area contributed by atoms with Gasteiger partial charge in [0.1, 0.15) is 0 Å². The van der Waals surface area contributed by atoms with Crippen LogP contribution in [0.15, 0.2) is 69.2 Å². The topological polar surface area (TPSA) is 150 Å². The molecule has 3 aromatic rings. The minimum absolute atomic E-state index is 0.190. The predicted molar refractivity (Wildman–Crippen MR) is 134 cm³/mol. The van der Waals surface area contributed by atoms with E-state index in [2.05, 4.69) is 5.10 Å². The van der Waals surface area contributed by atoms with Gasteiger partial charge >= 0.3 is 0 Å². The molecular weight excluding hydrogens is 514 g/mol. The Morgan fingerprint density at radius 3 is 2.40 bits per heavy atom. The maximum Gasteiger partial charge on any atom is 0.294 e. The summed E-state index contributed by atoms with van der Waals surface area (Å²) in [6.07, 6.45) is 3.81. The number of nitrogens with zero attached hydrogens (tertiary/aromatic N) is 2. The van der Waals surface area contributed by atoms with E-state index < -0.39 is 20.2 Å². The highest BCUT2D eigenvalue weighted by Gasteiger charge is 2.28. The van der Waals surface area contributed by atoms with Gasteiger partial charge in [-0.1, -0.05) is 30.0 Å². The SMILES string of the molecule is Cc1[nH]n(-c2ccc(S(=O)(=O)O)cc2)c(=O)c1C=CC1Sc2ccccc2N1CCCS(=O)(=O)O. The molecule has 0 fully saturated rings. The second-order valence-electron chi connectivity index (χ2n) is 7.93. The summed E-state index contributed by atoms with van der Waals surface area (Å²) in [5.41, 5.74) is 2.03. The molecular formula is C22H23N3O7S3. The molecule has 10 nitrogen and oxygen atoms in total. The second kappa shape index (κ2) is 9.66. The maximum atomic E-state index is 13.1. The van der Waals surface area contributed by atoms with E-state index in [4.69, 9.17) is 9.11 Å².